The molecule has 0 saturated heterocycles. The van der Waals surface area contributed by atoms with E-state index >= 15 is 0 Å². The fourth-order valence-electron chi connectivity index (χ4n) is 0.248. The Kier molecular flexibility index (Phi) is 5.77. The van der Waals surface area contributed by atoms with Crippen molar-refractivity contribution in [2.24, 2.45) is 0 Å². The molecule has 0 amide bonds. The predicted molar refractivity (Wildman–Crippen MR) is 38.9 cm³/mol. The third-order valence-corrected chi connectivity index (χ3v) is 2.33. The molecule has 0 aliphatic heterocycles. The summed E-state index contributed by atoms with van der Waals surface area (Å²) in [4.78, 5) is 0. The van der Waals surface area contributed by atoms with Crippen LogP contribution in [0.3, 0.4) is 0 Å². The minimum atomic E-state index is -0.279. The first kappa shape index (κ1) is 6.87. The van der Waals surface area contributed by atoms with Crippen molar-refractivity contribution >= 4 is 20.2 Å². The zero-order valence-electron chi connectivity index (χ0n) is 4.55. The van der Waals surface area contributed by atoms with Crippen molar-refractivity contribution < 1.29 is 4.12 Å². The Hall–Kier alpha value is -0.126. The molecule has 0 bridgehead atoms. The molecule has 0 unspecified atom stereocenters. The third kappa shape index (κ3) is 5.87. The Morgan fingerprint density at radius 1 is 1.71 bits per heavy atom. The van der Waals surface area contributed by atoms with E-state index in [1.165, 1.54) is 0 Å². The first-order valence-corrected chi connectivity index (χ1v) is 4.39. The molecule has 0 rings (SSSR count). The highest BCUT2D eigenvalue weighted by atomic mass is 28.3. The summed E-state index contributed by atoms with van der Waals surface area (Å²) < 4.78 is 4.99. The van der Waals surface area contributed by atoms with E-state index in [1.807, 2.05) is 6.08 Å². The Balaban J connectivity index is 2.92. The van der Waals surface area contributed by atoms with E-state index in [2.05, 4.69) is 12.3 Å². The van der Waals surface area contributed by atoms with E-state index in [9.17, 15) is 0 Å². The second-order valence-electron chi connectivity index (χ2n) is 1.12. The van der Waals surface area contributed by atoms with Gasteiger partial charge in [0.2, 0.25) is 0 Å². The second-order valence-corrected chi connectivity index (χ2v) is 4.23. The minimum Gasteiger partial charge on any atom is -0.465 e. The maximum Gasteiger partial charge on any atom is 0.170 e. The lowest BCUT2D eigenvalue weighted by molar-refractivity contribution is 0.675. The van der Waals surface area contributed by atoms with Crippen LogP contribution in [-0.4, -0.2) is 20.2 Å². The summed E-state index contributed by atoms with van der Waals surface area (Å²) >= 11 is 0. The number of allylic oxidation sites excluding steroid dienone is 2. The van der Waals surface area contributed by atoms with Gasteiger partial charge >= 0.3 is 0 Å². The molecule has 0 saturated carbocycles. The topological polar surface area (TPSA) is 9.23 Å². The highest BCUT2D eigenvalue weighted by molar-refractivity contribution is 6.40. The molecule has 0 N–H and O–H groups in total. The lowest BCUT2D eigenvalue weighted by Crippen LogP contribution is -1.87. The van der Waals surface area contributed by atoms with Gasteiger partial charge in [-0.15, -0.1) is 0 Å². The molecule has 1 nitrogen and oxygen atoms in total. The highest BCUT2D eigenvalue weighted by Gasteiger charge is 1.66. The van der Waals surface area contributed by atoms with E-state index < -0.39 is 0 Å². The minimum absolute atomic E-state index is 0.279. The summed E-state index contributed by atoms with van der Waals surface area (Å²) in [6.07, 6.45) is 3.71. The van der Waals surface area contributed by atoms with Crippen molar-refractivity contribution in [3.63, 3.8) is 0 Å². The van der Waals surface area contributed by atoms with Gasteiger partial charge in [-0.25, -0.2) is 0 Å². The van der Waals surface area contributed by atoms with Crippen LogP contribution < -0.4 is 0 Å². The van der Waals surface area contributed by atoms with Gasteiger partial charge in [0, 0.05) is 0 Å². The van der Waals surface area contributed by atoms with Crippen LogP contribution >= 0.6 is 0 Å². The summed E-state index contributed by atoms with van der Waals surface area (Å²) in [5, 5.41) is 0. The van der Waals surface area contributed by atoms with Crippen LogP contribution in [0.4, 0.5) is 0 Å². The molecule has 0 radical (unpaired) electrons. The van der Waals surface area contributed by atoms with Gasteiger partial charge in [-0.3, -0.25) is 0 Å². The maximum absolute atomic E-state index is 4.99. The summed E-state index contributed by atoms with van der Waals surface area (Å²) in [7, 11) is 0.603. The largest absolute Gasteiger partial charge is 0.465 e. The van der Waals surface area contributed by atoms with Gasteiger partial charge in [-0.1, -0.05) is 24.4 Å². The summed E-state index contributed by atoms with van der Waals surface area (Å²) in [5.74, 6) is 0. The first-order valence-electron chi connectivity index (χ1n) is 2.18. The summed E-state index contributed by atoms with van der Waals surface area (Å²) in [6, 6.07) is 0. The fraction of sp³-hybridized carbons (Fsp3) is 0. The van der Waals surface area contributed by atoms with Crippen LogP contribution in [0.5, 0.6) is 0 Å². The normalized spacial score (nSPS) is 12.0. The Morgan fingerprint density at radius 2 is 2.43 bits per heavy atom. The van der Waals surface area contributed by atoms with Crippen molar-refractivity contribution in [2.45, 2.75) is 0 Å². The third-order valence-electron chi connectivity index (χ3n) is 0.535. The highest BCUT2D eigenvalue weighted by Crippen LogP contribution is 1.68. The average molecular weight is 130 g/mol. The zero-order chi connectivity index (χ0) is 5.54. The quantitative estimate of drug-likeness (QED) is 0.354. The van der Waals surface area contributed by atoms with E-state index in [1.54, 1.807) is 6.08 Å². The van der Waals surface area contributed by atoms with Crippen molar-refractivity contribution in [3.05, 3.63) is 24.4 Å². The van der Waals surface area contributed by atoms with Crippen LogP contribution in [-0.2, 0) is 4.12 Å². The van der Waals surface area contributed by atoms with Crippen LogP contribution in [0.25, 0.3) is 0 Å². The molecule has 7 heavy (non-hydrogen) atoms. The molecule has 0 aromatic carbocycles. The summed E-state index contributed by atoms with van der Waals surface area (Å²) in [6.45, 7) is 3.52. The number of rotatable bonds is 3. The van der Waals surface area contributed by atoms with Gasteiger partial charge in [0.1, 0.15) is 10.5 Å². The first-order chi connectivity index (χ1) is 3.41. The van der Waals surface area contributed by atoms with Crippen LogP contribution in [0.15, 0.2) is 24.4 Å². The molecule has 0 heterocycles. The molecule has 0 fully saturated rings. The molecular formula is C4H10OSi2. The lowest BCUT2D eigenvalue weighted by atomic mass is 10.6. The standard InChI is InChI=1S/C4H10OSi2/c1-2-3-4-7-5-6/h2-4H,1,7H2,6H3. The second kappa shape index (κ2) is 5.87. The van der Waals surface area contributed by atoms with Gasteiger partial charge in [-0.2, -0.15) is 0 Å². The predicted octanol–water partition coefficient (Wildman–Crippen LogP) is -0.933. The Morgan fingerprint density at radius 3 is 2.86 bits per heavy atom. The molecule has 0 atom stereocenters. The molecule has 0 aromatic heterocycles. The molecule has 0 aromatic rings. The van der Waals surface area contributed by atoms with Crippen LogP contribution in [0.1, 0.15) is 0 Å². The molecule has 0 aliphatic carbocycles. The van der Waals surface area contributed by atoms with Crippen LogP contribution in [0, 0.1) is 0 Å². The van der Waals surface area contributed by atoms with E-state index in [0.29, 0.717) is 0 Å². The van der Waals surface area contributed by atoms with Crippen molar-refractivity contribution in [1.82, 2.24) is 0 Å². The molecule has 40 valence electrons. The van der Waals surface area contributed by atoms with E-state index in [0.717, 1.165) is 10.5 Å². The van der Waals surface area contributed by atoms with Gasteiger partial charge in [-0.05, 0) is 0 Å². The molecule has 3 heteroatoms. The number of hydrogen-bond acceptors (Lipinski definition) is 1. The molecule has 0 spiro atoms. The van der Waals surface area contributed by atoms with Gasteiger partial charge < -0.3 is 4.12 Å². The Labute approximate surface area is 49.6 Å². The monoisotopic (exact) mass is 130 g/mol. The lowest BCUT2D eigenvalue weighted by Gasteiger charge is -1.81. The SMILES string of the molecule is C=CC=C[SiH2]O[SiH3]. The van der Waals surface area contributed by atoms with Crippen molar-refractivity contribution in [3.8, 4) is 0 Å². The van der Waals surface area contributed by atoms with Gasteiger partial charge in [0.25, 0.3) is 0 Å². The fourth-order valence-corrected chi connectivity index (χ4v) is 1.32. The zero-order valence-corrected chi connectivity index (χ0v) is 7.97. The van der Waals surface area contributed by atoms with Crippen LogP contribution in [0.2, 0.25) is 0 Å². The summed E-state index contributed by atoms with van der Waals surface area (Å²) in [5.41, 5.74) is 2.07. The van der Waals surface area contributed by atoms with Gasteiger partial charge in [0.15, 0.2) is 9.76 Å². The average Bonchev–Trinajstić information content (AvgIpc) is 1.69. The molecule has 0 aliphatic rings. The Bertz CT molecular complexity index is 70.1. The van der Waals surface area contributed by atoms with E-state index in [-0.39, 0.29) is 9.76 Å². The number of hydrogen-bond donors (Lipinski definition) is 0. The maximum atomic E-state index is 4.99. The van der Waals surface area contributed by atoms with E-state index in [4.69, 9.17) is 4.12 Å². The molecular weight excluding hydrogens is 120 g/mol. The van der Waals surface area contributed by atoms with Crippen molar-refractivity contribution in [2.75, 3.05) is 0 Å². The van der Waals surface area contributed by atoms with Gasteiger partial charge in [0.05, 0.1) is 0 Å². The smallest absolute Gasteiger partial charge is 0.170 e. The van der Waals surface area contributed by atoms with Crippen molar-refractivity contribution in [1.29, 1.82) is 0 Å².